The van der Waals surface area contributed by atoms with E-state index < -0.39 is 16.5 Å². The van der Waals surface area contributed by atoms with Gasteiger partial charge < -0.3 is 15.5 Å². The molecule has 0 aromatic heterocycles. The lowest BCUT2D eigenvalue weighted by molar-refractivity contribution is -0.384. The largest absolute Gasteiger partial charge is 0.478 e. The first kappa shape index (κ1) is 14.9. The molecule has 0 spiro atoms. The van der Waals surface area contributed by atoms with Crippen LogP contribution in [0.5, 0.6) is 0 Å². The molecule has 104 valence electrons. The third-order valence-corrected chi connectivity index (χ3v) is 2.87. The van der Waals surface area contributed by atoms with Gasteiger partial charge in [0.15, 0.2) is 0 Å². The molecule has 1 atom stereocenters. The Labute approximate surface area is 110 Å². The van der Waals surface area contributed by atoms with Crippen LogP contribution in [-0.2, 0) is 0 Å². The average molecular weight is 268 g/mol. The van der Waals surface area contributed by atoms with E-state index in [1.165, 1.54) is 6.07 Å². The van der Waals surface area contributed by atoms with Gasteiger partial charge in [-0.2, -0.15) is 0 Å². The number of nitrogens with one attached hydrogen (secondary N) is 1. The van der Waals surface area contributed by atoms with Gasteiger partial charge >= 0.3 is 5.97 Å². The molecule has 19 heavy (non-hydrogen) atoms. The Hall–Kier alpha value is -2.15. The van der Waals surface area contributed by atoms with Gasteiger partial charge in [0.1, 0.15) is 0 Å². The zero-order valence-electron chi connectivity index (χ0n) is 10.7. The van der Waals surface area contributed by atoms with Gasteiger partial charge in [-0.3, -0.25) is 10.1 Å². The number of carboxylic acid groups (broad SMARTS) is 1. The second-order valence-electron chi connectivity index (χ2n) is 4.50. The van der Waals surface area contributed by atoms with E-state index in [4.69, 9.17) is 5.11 Å². The fourth-order valence-electron chi connectivity index (χ4n) is 1.39. The minimum Gasteiger partial charge on any atom is -0.478 e. The number of aromatic carboxylic acids is 1. The number of aliphatic hydroxyl groups is 1. The molecule has 0 heterocycles. The Morgan fingerprint density at radius 3 is 2.63 bits per heavy atom. The van der Waals surface area contributed by atoms with Crippen LogP contribution in [0.1, 0.15) is 30.6 Å². The summed E-state index contributed by atoms with van der Waals surface area (Å²) < 4.78 is 0. The van der Waals surface area contributed by atoms with Crippen molar-refractivity contribution in [1.29, 1.82) is 0 Å². The number of nitrogens with zero attached hydrogens (tertiary/aromatic N) is 1. The van der Waals surface area contributed by atoms with Gasteiger partial charge in [0, 0.05) is 18.7 Å². The van der Waals surface area contributed by atoms with Gasteiger partial charge in [0.05, 0.1) is 21.8 Å². The van der Waals surface area contributed by atoms with E-state index in [0.29, 0.717) is 6.42 Å². The van der Waals surface area contributed by atoms with Crippen LogP contribution in [0, 0.1) is 10.1 Å². The summed E-state index contributed by atoms with van der Waals surface area (Å²) in [5, 5.41) is 32.3. The summed E-state index contributed by atoms with van der Waals surface area (Å²) in [5.41, 5.74) is -1.17. The van der Waals surface area contributed by atoms with E-state index in [2.05, 4.69) is 5.32 Å². The zero-order chi connectivity index (χ0) is 14.6. The lowest BCUT2D eigenvalue weighted by Gasteiger charge is -2.22. The fourth-order valence-corrected chi connectivity index (χ4v) is 1.39. The fraction of sp³-hybridized carbons (Fsp3) is 0.417. The Morgan fingerprint density at radius 1 is 1.53 bits per heavy atom. The van der Waals surface area contributed by atoms with Crippen LogP contribution in [-0.4, -0.2) is 33.3 Å². The molecule has 0 fully saturated rings. The van der Waals surface area contributed by atoms with E-state index in [-0.39, 0.29) is 23.5 Å². The normalized spacial score (nSPS) is 13.6. The molecule has 0 aliphatic carbocycles. The topological polar surface area (TPSA) is 113 Å². The van der Waals surface area contributed by atoms with Gasteiger partial charge in [-0.15, -0.1) is 0 Å². The molecule has 3 N–H and O–H groups in total. The number of rotatable bonds is 6. The molecular weight excluding hydrogens is 252 g/mol. The van der Waals surface area contributed by atoms with E-state index in [1.54, 1.807) is 13.8 Å². The van der Waals surface area contributed by atoms with Crippen molar-refractivity contribution in [3.8, 4) is 0 Å². The molecule has 0 saturated heterocycles. The summed E-state index contributed by atoms with van der Waals surface area (Å²) in [4.78, 5) is 21.1. The number of non-ortho nitro benzene ring substituents is 1. The maximum absolute atomic E-state index is 11.0. The highest BCUT2D eigenvalue weighted by Gasteiger charge is 2.20. The number of anilines is 1. The third kappa shape index (κ3) is 3.92. The molecule has 7 nitrogen and oxygen atoms in total. The maximum Gasteiger partial charge on any atom is 0.337 e. The molecule has 1 rings (SSSR count). The average Bonchev–Trinajstić information content (AvgIpc) is 2.35. The van der Waals surface area contributed by atoms with Crippen molar-refractivity contribution in [3.05, 3.63) is 33.9 Å². The number of hydrogen-bond acceptors (Lipinski definition) is 5. The van der Waals surface area contributed by atoms with Gasteiger partial charge in [0.25, 0.3) is 5.69 Å². The molecule has 1 aromatic carbocycles. The molecule has 0 saturated carbocycles. The molecule has 0 bridgehead atoms. The minimum atomic E-state index is -1.19. The molecule has 0 aliphatic rings. The number of carboxylic acids is 1. The number of nitro groups is 1. The van der Waals surface area contributed by atoms with Crippen molar-refractivity contribution in [3.63, 3.8) is 0 Å². The highest BCUT2D eigenvalue weighted by atomic mass is 16.6. The summed E-state index contributed by atoms with van der Waals surface area (Å²) in [6.45, 7) is 3.48. The van der Waals surface area contributed by atoms with Gasteiger partial charge in [-0.1, -0.05) is 6.92 Å². The quantitative estimate of drug-likeness (QED) is 0.536. The Balaban J connectivity index is 3.04. The number of nitro benzene ring substituents is 1. The van der Waals surface area contributed by atoms with Crippen LogP contribution in [0.3, 0.4) is 0 Å². The highest BCUT2D eigenvalue weighted by Crippen LogP contribution is 2.23. The van der Waals surface area contributed by atoms with Crippen LogP contribution >= 0.6 is 0 Å². The Bertz CT molecular complexity index is 499. The SMILES string of the molecule is CCC(C)(O)CNc1cc([N+](=O)[O-])ccc1C(=O)O. The molecule has 0 radical (unpaired) electrons. The predicted octanol–water partition coefficient (Wildman–Crippen LogP) is 1.87. The first-order valence-electron chi connectivity index (χ1n) is 5.75. The standard InChI is InChI=1S/C12H16N2O5/c1-3-12(2,17)7-13-10-6-8(14(18)19)4-5-9(10)11(15)16/h4-6,13,17H,3,7H2,1-2H3,(H,15,16). The van der Waals surface area contributed by atoms with E-state index in [1.807, 2.05) is 0 Å². The first-order chi connectivity index (χ1) is 8.76. The second kappa shape index (κ2) is 5.66. The summed E-state index contributed by atoms with van der Waals surface area (Å²) in [6.07, 6.45) is 0.470. The molecule has 0 aliphatic heterocycles. The van der Waals surface area contributed by atoms with E-state index in [0.717, 1.165) is 12.1 Å². The predicted molar refractivity (Wildman–Crippen MR) is 69.5 cm³/mol. The van der Waals surface area contributed by atoms with Crippen molar-refractivity contribution in [2.24, 2.45) is 0 Å². The van der Waals surface area contributed by atoms with Crippen molar-refractivity contribution >= 4 is 17.3 Å². The lowest BCUT2D eigenvalue weighted by Crippen LogP contribution is -2.32. The van der Waals surface area contributed by atoms with Crippen molar-refractivity contribution in [1.82, 2.24) is 0 Å². The van der Waals surface area contributed by atoms with Crippen LogP contribution in [0.15, 0.2) is 18.2 Å². The summed E-state index contributed by atoms with van der Waals surface area (Å²) in [5.74, 6) is -1.19. The molecule has 1 unspecified atom stereocenters. The van der Waals surface area contributed by atoms with E-state index >= 15 is 0 Å². The monoisotopic (exact) mass is 268 g/mol. The molecule has 0 amide bonds. The van der Waals surface area contributed by atoms with Crippen LogP contribution in [0.2, 0.25) is 0 Å². The summed E-state index contributed by atoms with van der Waals surface area (Å²) >= 11 is 0. The Morgan fingerprint density at radius 2 is 2.16 bits per heavy atom. The smallest absolute Gasteiger partial charge is 0.337 e. The number of hydrogen-bond donors (Lipinski definition) is 3. The van der Waals surface area contributed by atoms with Gasteiger partial charge in [-0.05, 0) is 19.4 Å². The first-order valence-corrected chi connectivity index (χ1v) is 5.75. The second-order valence-corrected chi connectivity index (χ2v) is 4.50. The molecule has 7 heteroatoms. The number of benzene rings is 1. The minimum absolute atomic E-state index is 0.0718. The summed E-state index contributed by atoms with van der Waals surface area (Å²) in [7, 11) is 0. The maximum atomic E-state index is 11.0. The third-order valence-electron chi connectivity index (χ3n) is 2.87. The van der Waals surface area contributed by atoms with Crippen LogP contribution in [0.25, 0.3) is 0 Å². The van der Waals surface area contributed by atoms with Crippen molar-refractivity contribution in [2.45, 2.75) is 25.9 Å². The zero-order valence-corrected chi connectivity index (χ0v) is 10.7. The van der Waals surface area contributed by atoms with Crippen molar-refractivity contribution in [2.75, 3.05) is 11.9 Å². The highest BCUT2D eigenvalue weighted by molar-refractivity contribution is 5.94. The molecular formula is C12H16N2O5. The van der Waals surface area contributed by atoms with E-state index in [9.17, 15) is 20.0 Å². The number of carbonyl (C=O) groups is 1. The summed E-state index contributed by atoms with van der Waals surface area (Å²) in [6, 6.07) is 3.45. The lowest BCUT2D eigenvalue weighted by atomic mass is 10.0. The van der Waals surface area contributed by atoms with Crippen LogP contribution < -0.4 is 5.32 Å². The van der Waals surface area contributed by atoms with Crippen molar-refractivity contribution < 1.29 is 19.9 Å². The Kier molecular flexibility index (Phi) is 4.44. The van der Waals surface area contributed by atoms with Gasteiger partial charge in [-0.25, -0.2) is 4.79 Å². The van der Waals surface area contributed by atoms with Crippen LogP contribution in [0.4, 0.5) is 11.4 Å². The molecule has 1 aromatic rings. The van der Waals surface area contributed by atoms with Gasteiger partial charge in [0.2, 0.25) is 0 Å².